The monoisotopic (exact) mass is 349 g/mol. The van der Waals surface area contributed by atoms with E-state index in [-0.39, 0.29) is 18.4 Å². The van der Waals surface area contributed by atoms with Gasteiger partial charge in [-0.1, -0.05) is 18.2 Å². The van der Waals surface area contributed by atoms with Crippen LogP contribution in [0.5, 0.6) is 0 Å². The maximum atomic E-state index is 13.0. The van der Waals surface area contributed by atoms with Crippen LogP contribution in [0.15, 0.2) is 41.8 Å². The molecule has 128 valence electrons. The Morgan fingerprint density at radius 3 is 2.58 bits per heavy atom. The Kier molecular flexibility index (Phi) is 6.45. The second-order valence-electron chi connectivity index (χ2n) is 5.45. The topological polar surface area (TPSA) is 61.4 Å². The molecule has 2 N–H and O–H groups in total. The van der Waals surface area contributed by atoms with E-state index in [9.17, 15) is 14.0 Å². The first kappa shape index (κ1) is 18.1. The maximum Gasteiger partial charge on any atom is 0.321 e. The van der Waals surface area contributed by atoms with Crippen LogP contribution in [0.25, 0.3) is 0 Å². The number of hydrogen-bond donors (Lipinski definition) is 2. The molecule has 0 unspecified atom stereocenters. The van der Waals surface area contributed by atoms with E-state index in [1.807, 2.05) is 24.4 Å². The number of rotatable bonds is 6. The van der Waals surface area contributed by atoms with Gasteiger partial charge in [0.2, 0.25) is 5.91 Å². The number of thiophene rings is 1. The third kappa shape index (κ3) is 5.43. The van der Waals surface area contributed by atoms with Crippen molar-refractivity contribution in [3.05, 3.63) is 58.0 Å². The molecular formula is C17H20FN3O2S. The van der Waals surface area contributed by atoms with E-state index in [2.05, 4.69) is 10.6 Å². The Morgan fingerprint density at radius 1 is 1.25 bits per heavy atom. The van der Waals surface area contributed by atoms with Gasteiger partial charge in [0.05, 0.1) is 13.1 Å². The first-order valence-corrected chi connectivity index (χ1v) is 8.39. The Labute approximate surface area is 144 Å². The summed E-state index contributed by atoms with van der Waals surface area (Å²) in [4.78, 5) is 26.5. The fourth-order valence-corrected chi connectivity index (χ4v) is 2.79. The summed E-state index contributed by atoms with van der Waals surface area (Å²) < 4.78 is 13.0. The fourth-order valence-electron chi connectivity index (χ4n) is 2.15. The standard InChI is InChI=1S/C17H20FN3O2S/c1-12(13-5-7-14(18)8-6-13)21(2)11-16(22)20-17(23)19-10-15-4-3-9-24-15/h3-9,12H,10-11H2,1-2H3,(H2,19,20,22,23)/t12-/m1/s1. The highest BCUT2D eigenvalue weighted by Gasteiger charge is 2.16. The van der Waals surface area contributed by atoms with Crippen molar-refractivity contribution in [2.24, 2.45) is 0 Å². The summed E-state index contributed by atoms with van der Waals surface area (Å²) in [5, 5.41) is 6.86. The zero-order valence-corrected chi connectivity index (χ0v) is 14.4. The number of nitrogens with one attached hydrogen (secondary N) is 2. The molecule has 0 aliphatic carbocycles. The largest absolute Gasteiger partial charge is 0.333 e. The lowest BCUT2D eigenvalue weighted by Crippen LogP contribution is -2.43. The number of benzene rings is 1. The second-order valence-corrected chi connectivity index (χ2v) is 6.49. The van der Waals surface area contributed by atoms with Crippen LogP contribution in [0.4, 0.5) is 9.18 Å². The molecule has 1 aromatic heterocycles. The van der Waals surface area contributed by atoms with Crippen molar-refractivity contribution in [1.82, 2.24) is 15.5 Å². The lowest BCUT2D eigenvalue weighted by Gasteiger charge is -2.24. The third-order valence-corrected chi connectivity index (χ3v) is 4.54. The molecule has 1 heterocycles. The molecule has 0 fully saturated rings. The first-order chi connectivity index (χ1) is 11.5. The number of carbonyl (C=O) groups is 2. The van der Waals surface area contributed by atoms with Crippen molar-refractivity contribution >= 4 is 23.3 Å². The summed E-state index contributed by atoms with van der Waals surface area (Å²) in [7, 11) is 1.77. The minimum absolute atomic E-state index is 0.0605. The predicted octanol–water partition coefficient (Wildman–Crippen LogP) is 2.91. The summed E-state index contributed by atoms with van der Waals surface area (Å²) in [6.07, 6.45) is 0. The number of hydrogen-bond acceptors (Lipinski definition) is 4. The number of likely N-dealkylation sites (N-methyl/N-ethyl adjacent to an activating group) is 1. The van der Waals surface area contributed by atoms with E-state index in [1.54, 1.807) is 24.1 Å². The molecule has 2 aromatic rings. The van der Waals surface area contributed by atoms with E-state index in [4.69, 9.17) is 0 Å². The zero-order valence-electron chi connectivity index (χ0n) is 13.6. The number of amides is 3. The molecule has 3 amide bonds. The molecule has 2 rings (SSSR count). The van der Waals surface area contributed by atoms with Gasteiger partial charge in [0.25, 0.3) is 0 Å². The molecule has 0 saturated carbocycles. The van der Waals surface area contributed by atoms with E-state index in [0.717, 1.165) is 10.4 Å². The summed E-state index contributed by atoms with van der Waals surface area (Å²) in [5.74, 6) is -0.691. The Bertz CT molecular complexity index is 674. The third-order valence-electron chi connectivity index (χ3n) is 3.66. The smallest absolute Gasteiger partial charge is 0.321 e. The highest BCUT2D eigenvalue weighted by atomic mass is 32.1. The van der Waals surface area contributed by atoms with Crippen molar-refractivity contribution in [1.29, 1.82) is 0 Å². The van der Waals surface area contributed by atoms with Gasteiger partial charge in [0.1, 0.15) is 5.82 Å². The Morgan fingerprint density at radius 2 is 1.96 bits per heavy atom. The summed E-state index contributed by atoms with van der Waals surface area (Å²) in [6, 6.07) is 9.35. The molecule has 0 spiro atoms. The highest BCUT2D eigenvalue weighted by molar-refractivity contribution is 7.09. The molecule has 7 heteroatoms. The zero-order chi connectivity index (χ0) is 17.5. The molecule has 5 nitrogen and oxygen atoms in total. The average molecular weight is 349 g/mol. The molecule has 0 aliphatic heterocycles. The number of imide groups is 1. The molecule has 1 atom stereocenters. The van der Waals surface area contributed by atoms with Gasteiger partial charge >= 0.3 is 6.03 Å². The van der Waals surface area contributed by atoms with Crippen molar-refractivity contribution < 1.29 is 14.0 Å². The van der Waals surface area contributed by atoms with Crippen LogP contribution in [-0.4, -0.2) is 30.4 Å². The van der Waals surface area contributed by atoms with Crippen LogP contribution < -0.4 is 10.6 Å². The molecule has 0 saturated heterocycles. The molecule has 1 aromatic carbocycles. The first-order valence-electron chi connectivity index (χ1n) is 7.51. The molecule has 24 heavy (non-hydrogen) atoms. The van der Waals surface area contributed by atoms with Gasteiger partial charge in [-0.15, -0.1) is 11.3 Å². The van der Waals surface area contributed by atoms with Crippen LogP contribution in [0.3, 0.4) is 0 Å². The minimum Gasteiger partial charge on any atom is -0.333 e. The van der Waals surface area contributed by atoms with Gasteiger partial charge in [0, 0.05) is 10.9 Å². The van der Waals surface area contributed by atoms with Gasteiger partial charge in [-0.3, -0.25) is 15.0 Å². The quantitative estimate of drug-likeness (QED) is 0.843. The van der Waals surface area contributed by atoms with Crippen molar-refractivity contribution in [2.75, 3.05) is 13.6 Å². The van der Waals surface area contributed by atoms with Gasteiger partial charge in [0.15, 0.2) is 0 Å². The predicted molar refractivity (Wildman–Crippen MR) is 92.1 cm³/mol. The van der Waals surface area contributed by atoms with Crippen LogP contribution in [0.2, 0.25) is 0 Å². The van der Waals surface area contributed by atoms with Gasteiger partial charge in [-0.2, -0.15) is 0 Å². The van der Waals surface area contributed by atoms with Crippen molar-refractivity contribution in [3.8, 4) is 0 Å². The van der Waals surface area contributed by atoms with Gasteiger partial charge in [-0.05, 0) is 43.1 Å². The summed E-state index contributed by atoms with van der Waals surface area (Å²) in [5.41, 5.74) is 0.897. The average Bonchev–Trinajstić information content (AvgIpc) is 3.06. The Balaban J connectivity index is 1.78. The number of halogens is 1. The van der Waals surface area contributed by atoms with E-state index >= 15 is 0 Å². The number of nitrogens with zero attached hydrogens (tertiary/aromatic N) is 1. The lowest BCUT2D eigenvalue weighted by atomic mass is 10.1. The van der Waals surface area contributed by atoms with Crippen LogP contribution in [-0.2, 0) is 11.3 Å². The minimum atomic E-state index is -0.517. The van der Waals surface area contributed by atoms with Crippen LogP contribution >= 0.6 is 11.3 Å². The molecule has 0 radical (unpaired) electrons. The second kappa shape index (κ2) is 8.56. The molecule has 0 bridgehead atoms. The fraction of sp³-hybridized carbons (Fsp3) is 0.294. The van der Waals surface area contributed by atoms with Gasteiger partial charge < -0.3 is 5.32 Å². The van der Waals surface area contributed by atoms with Crippen molar-refractivity contribution in [2.45, 2.75) is 19.5 Å². The molecule has 0 aliphatic rings. The lowest BCUT2D eigenvalue weighted by molar-refractivity contribution is -0.121. The normalized spacial score (nSPS) is 12.0. The van der Waals surface area contributed by atoms with Crippen molar-refractivity contribution in [3.63, 3.8) is 0 Å². The number of urea groups is 1. The maximum absolute atomic E-state index is 13.0. The SMILES string of the molecule is C[C@H](c1ccc(F)cc1)N(C)CC(=O)NC(=O)NCc1cccs1. The summed E-state index contributed by atoms with van der Waals surface area (Å²) >= 11 is 1.53. The van der Waals surface area contributed by atoms with Crippen LogP contribution in [0, 0.1) is 5.82 Å². The number of carbonyl (C=O) groups excluding carboxylic acids is 2. The van der Waals surface area contributed by atoms with Crippen LogP contribution in [0.1, 0.15) is 23.4 Å². The molecular weight excluding hydrogens is 329 g/mol. The van der Waals surface area contributed by atoms with E-state index in [1.165, 1.54) is 23.5 Å². The van der Waals surface area contributed by atoms with E-state index in [0.29, 0.717) is 6.54 Å². The highest BCUT2D eigenvalue weighted by Crippen LogP contribution is 2.18. The Hall–Kier alpha value is -2.25. The van der Waals surface area contributed by atoms with Gasteiger partial charge in [-0.25, -0.2) is 9.18 Å². The van der Waals surface area contributed by atoms with E-state index < -0.39 is 11.9 Å². The summed E-state index contributed by atoms with van der Waals surface area (Å²) in [6.45, 7) is 2.36.